The van der Waals surface area contributed by atoms with Crippen molar-refractivity contribution in [1.29, 1.82) is 0 Å². The van der Waals surface area contributed by atoms with Gasteiger partial charge in [-0.3, -0.25) is 0 Å². The topological polar surface area (TPSA) is 18.5 Å². The number of ether oxygens (including phenoxy) is 2. The summed E-state index contributed by atoms with van der Waals surface area (Å²) in [7, 11) is 1.65. The lowest BCUT2D eigenvalue weighted by molar-refractivity contribution is 0.360. The monoisotopic (exact) mass is 178 g/mol. The highest BCUT2D eigenvalue weighted by atomic mass is 16.5. The van der Waals surface area contributed by atoms with Gasteiger partial charge in [0.25, 0.3) is 0 Å². The van der Waals surface area contributed by atoms with E-state index in [9.17, 15) is 0 Å². The Balaban J connectivity index is 2.49. The van der Waals surface area contributed by atoms with E-state index in [0.717, 1.165) is 11.5 Å². The molecule has 0 amide bonds. The summed E-state index contributed by atoms with van der Waals surface area (Å²) in [6, 6.07) is 7.54. The molecule has 0 spiro atoms. The number of rotatable bonds is 4. The summed E-state index contributed by atoms with van der Waals surface area (Å²) in [6.45, 7) is 2.58. The van der Waals surface area contributed by atoms with Crippen molar-refractivity contribution >= 4 is 0 Å². The Hall–Kier alpha value is -1.44. The van der Waals surface area contributed by atoms with Gasteiger partial charge in [-0.05, 0) is 31.2 Å². The molecule has 13 heavy (non-hydrogen) atoms. The summed E-state index contributed by atoms with van der Waals surface area (Å²) in [5, 5.41) is 0. The largest absolute Gasteiger partial charge is 0.497 e. The first-order valence-corrected chi connectivity index (χ1v) is 4.25. The predicted octanol–water partition coefficient (Wildman–Crippen LogP) is 2.65. The van der Waals surface area contributed by atoms with Crippen LogP contribution >= 0.6 is 0 Å². The molecule has 0 saturated carbocycles. The minimum atomic E-state index is 0.614. The number of hydrogen-bond acceptors (Lipinski definition) is 2. The number of hydrogen-bond donors (Lipinski definition) is 0. The second kappa shape index (κ2) is 5.25. The van der Waals surface area contributed by atoms with Crippen LogP contribution in [0.2, 0.25) is 0 Å². The van der Waals surface area contributed by atoms with Gasteiger partial charge in [0.05, 0.1) is 7.11 Å². The van der Waals surface area contributed by atoms with Gasteiger partial charge >= 0.3 is 0 Å². The molecule has 0 radical (unpaired) electrons. The maximum Gasteiger partial charge on any atom is 0.120 e. The maximum atomic E-state index is 5.40. The highest BCUT2D eigenvalue weighted by Crippen LogP contribution is 2.16. The van der Waals surface area contributed by atoms with Gasteiger partial charge in [0.15, 0.2) is 0 Å². The van der Waals surface area contributed by atoms with E-state index in [-0.39, 0.29) is 0 Å². The van der Waals surface area contributed by atoms with Crippen LogP contribution in [-0.4, -0.2) is 13.7 Å². The van der Waals surface area contributed by atoms with E-state index in [0.29, 0.717) is 6.61 Å². The molecular formula is C11H14O2. The molecule has 0 heterocycles. The van der Waals surface area contributed by atoms with Crippen LogP contribution in [0.5, 0.6) is 11.5 Å². The smallest absolute Gasteiger partial charge is 0.120 e. The quantitative estimate of drug-likeness (QED) is 0.660. The second-order valence-corrected chi connectivity index (χ2v) is 2.56. The molecule has 1 aromatic rings. The average Bonchev–Trinajstić information content (AvgIpc) is 2.19. The Morgan fingerprint density at radius 2 is 1.77 bits per heavy atom. The van der Waals surface area contributed by atoms with Gasteiger partial charge in [-0.2, -0.15) is 0 Å². The van der Waals surface area contributed by atoms with E-state index in [1.807, 2.05) is 43.3 Å². The molecule has 0 unspecified atom stereocenters. The second-order valence-electron chi connectivity index (χ2n) is 2.56. The highest BCUT2D eigenvalue weighted by molar-refractivity contribution is 5.31. The Bertz CT molecular complexity index is 262. The van der Waals surface area contributed by atoms with Crippen molar-refractivity contribution < 1.29 is 9.47 Å². The van der Waals surface area contributed by atoms with Crippen LogP contribution in [0.25, 0.3) is 0 Å². The fraction of sp³-hybridized carbons (Fsp3) is 0.273. The fourth-order valence-electron chi connectivity index (χ4n) is 0.913. The molecule has 0 N–H and O–H groups in total. The third-order valence-corrected chi connectivity index (χ3v) is 1.64. The molecule has 70 valence electrons. The summed E-state index contributed by atoms with van der Waals surface area (Å²) in [4.78, 5) is 0. The van der Waals surface area contributed by atoms with E-state index in [1.165, 1.54) is 0 Å². The Morgan fingerprint density at radius 1 is 1.15 bits per heavy atom. The lowest BCUT2D eigenvalue weighted by atomic mass is 10.3. The van der Waals surface area contributed by atoms with Crippen molar-refractivity contribution in [3.8, 4) is 11.5 Å². The van der Waals surface area contributed by atoms with Crippen molar-refractivity contribution in [2.75, 3.05) is 13.7 Å². The molecule has 2 heteroatoms. The lowest BCUT2D eigenvalue weighted by Gasteiger charge is -2.03. The molecule has 0 saturated heterocycles. The van der Waals surface area contributed by atoms with E-state index < -0.39 is 0 Å². The summed E-state index contributed by atoms with van der Waals surface area (Å²) in [6.07, 6.45) is 3.92. The van der Waals surface area contributed by atoms with Gasteiger partial charge in [0.2, 0.25) is 0 Å². The third-order valence-electron chi connectivity index (χ3n) is 1.64. The van der Waals surface area contributed by atoms with Crippen LogP contribution in [0.1, 0.15) is 6.92 Å². The van der Waals surface area contributed by atoms with Crippen LogP contribution in [0.3, 0.4) is 0 Å². The normalized spacial score (nSPS) is 10.3. The van der Waals surface area contributed by atoms with Crippen LogP contribution in [0.15, 0.2) is 36.4 Å². The lowest BCUT2D eigenvalue weighted by Crippen LogP contribution is -1.92. The van der Waals surface area contributed by atoms with Crippen molar-refractivity contribution in [2.45, 2.75) is 6.92 Å². The fourth-order valence-corrected chi connectivity index (χ4v) is 0.913. The van der Waals surface area contributed by atoms with E-state index in [1.54, 1.807) is 7.11 Å². The molecule has 0 aliphatic rings. The van der Waals surface area contributed by atoms with Crippen molar-refractivity contribution in [3.63, 3.8) is 0 Å². The summed E-state index contributed by atoms with van der Waals surface area (Å²) in [5.74, 6) is 1.71. The molecule has 0 bridgehead atoms. The molecular weight excluding hydrogens is 164 g/mol. The highest BCUT2D eigenvalue weighted by Gasteiger charge is 1.92. The molecule has 0 atom stereocenters. The molecule has 1 aromatic carbocycles. The molecule has 2 nitrogen and oxygen atoms in total. The first-order chi connectivity index (χ1) is 6.36. The molecule has 1 rings (SSSR count). The zero-order valence-electron chi connectivity index (χ0n) is 7.99. The number of methoxy groups -OCH3 is 1. The van der Waals surface area contributed by atoms with E-state index in [4.69, 9.17) is 9.47 Å². The van der Waals surface area contributed by atoms with Crippen LogP contribution in [0.4, 0.5) is 0 Å². The van der Waals surface area contributed by atoms with Crippen molar-refractivity contribution in [1.82, 2.24) is 0 Å². The number of allylic oxidation sites excluding steroid dienone is 1. The molecule has 0 aliphatic heterocycles. The van der Waals surface area contributed by atoms with Gasteiger partial charge in [-0.25, -0.2) is 0 Å². The molecule has 0 fully saturated rings. The number of benzene rings is 1. The molecule has 0 aromatic heterocycles. The van der Waals surface area contributed by atoms with Crippen LogP contribution in [-0.2, 0) is 0 Å². The van der Waals surface area contributed by atoms with Crippen molar-refractivity contribution in [2.24, 2.45) is 0 Å². The van der Waals surface area contributed by atoms with Gasteiger partial charge < -0.3 is 9.47 Å². The van der Waals surface area contributed by atoms with Crippen molar-refractivity contribution in [3.05, 3.63) is 36.4 Å². The van der Waals surface area contributed by atoms with Gasteiger partial charge in [0.1, 0.15) is 18.1 Å². The maximum absolute atomic E-state index is 5.40. The third kappa shape index (κ3) is 3.20. The van der Waals surface area contributed by atoms with E-state index in [2.05, 4.69) is 0 Å². The van der Waals surface area contributed by atoms with Gasteiger partial charge in [-0.1, -0.05) is 12.2 Å². The minimum Gasteiger partial charge on any atom is -0.497 e. The predicted molar refractivity (Wildman–Crippen MR) is 53.3 cm³/mol. The SMILES string of the molecule is C/C=C\COc1ccc(OC)cc1. The zero-order valence-corrected chi connectivity index (χ0v) is 7.99. The van der Waals surface area contributed by atoms with Crippen LogP contribution < -0.4 is 9.47 Å². The molecule has 0 aliphatic carbocycles. The average molecular weight is 178 g/mol. The van der Waals surface area contributed by atoms with Gasteiger partial charge in [0, 0.05) is 0 Å². The Kier molecular flexibility index (Phi) is 3.89. The summed E-state index contributed by atoms with van der Waals surface area (Å²) >= 11 is 0. The summed E-state index contributed by atoms with van der Waals surface area (Å²) in [5.41, 5.74) is 0. The first kappa shape index (κ1) is 9.65. The van der Waals surface area contributed by atoms with Gasteiger partial charge in [-0.15, -0.1) is 0 Å². The summed E-state index contributed by atoms with van der Waals surface area (Å²) < 4.78 is 10.4. The minimum absolute atomic E-state index is 0.614. The Morgan fingerprint density at radius 3 is 2.31 bits per heavy atom. The standard InChI is InChI=1S/C11H14O2/c1-3-4-9-13-11-7-5-10(12-2)6-8-11/h3-8H,9H2,1-2H3/b4-3-. The Labute approximate surface area is 78.8 Å². The first-order valence-electron chi connectivity index (χ1n) is 4.25. The van der Waals surface area contributed by atoms with Crippen LogP contribution in [0, 0.1) is 0 Å². The van der Waals surface area contributed by atoms with E-state index >= 15 is 0 Å². The zero-order chi connectivity index (χ0) is 9.52.